The van der Waals surface area contributed by atoms with E-state index >= 15 is 0 Å². The number of nitrogens with one attached hydrogen (secondary N) is 1. The highest BCUT2D eigenvalue weighted by Gasteiger charge is 2.69. The summed E-state index contributed by atoms with van der Waals surface area (Å²) in [5.74, 6) is -2.64. The number of hydrogen-bond donors (Lipinski definition) is 2. The standard InChI is InChI=1S/C12H10FNO3/c1-5-2-3-7(13)9-8(5)12(11(17)14-9)4-6(12)10(15)16/h2-3,6H,4H2,1H3,(H,14,17)(H,15,16). The number of carboxylic acids is 1. The van der Waals surface area contributed by atoms with Gasteiger partial charge in [-0.2, -0.15) is 0 Å². The topological polar surface area (TPSA) is 66.4 Å². The van der Waals surface area contributed by atoms with Gasteiger partial charge in [0.15, 0.2) is 0 Å². The van der Waals surface area contributed by atoms with Gasteiger partial charge in [-0.15, -0.1) is 0 Å². The second-order valence-corrected chi connectivity index (χ2v) is 4.63. The molecule has 1 spiro atoms. The highest BCUT2D eigenvalue weighted by molar-refractivity contribution is 6.12. The molecule has 1 aliphatic heterocycles. The Hall–Kier alpha value is -1.91. The van der Waals surface area contributed by atoms with Gasteiger partial charge in [0.25, 0.3) is 0 Å². The number of carbonyl (C=O) groups excluding carboxylic acids is 1. The molecule has 1 aromatic carbocycles. The van der Waals surface area contributed by atoms with Crippen LogP contribution >= 0.6 is 0 Å². The average Bonchev–Trinajstić information content (AvgIpc) is 2.92. The van der Waals surface area contributed by atoms with Gasteiger partial charge >= 0.3 is 5.97 Å². The van der Waals surface area contributed by atoms with E-state index in [0.29, 0.717) is 5.56 Å². The zero-order chi connectivity index (χ0) is 12.4. The Morgan fingerprint density at radius 1 is 1.59 bits per heavy atom. The summed E-state index contributed by atoms with van der Waals surface area (Å²) in [6.07, 6.45) is 0.255. The maximum atomic E-state index is 13.6. The smallest absolute Gasteiger partial charge is 0.307 e. The van der Waals surface area contributed by atoms with Gasteiger partial charge in [0.2, 0.25) is 5.91 Å². The number of aryl methyl sites for hydroxylation is 1. The van der Waals surface area contributed by atoms with E-state index in [0.717, 1.165) is 5.56 Å². The molecule has 2 atom stereocenters. The van der Waals surface area contributed by atoms with Gasteiger partial charge in [-0.3, -0.25) is 9.59 Å². The van der Waals surface area contributed by atoms with Crippen LogP contribution in [0.3, 0.4) is 0 Å². The van der Waals surface area contributed by atoms with Crippen LogP contribution in [0, 0.1) is 18.7 Å². The molecule has 5 heteroatoms. The van der Waals surface area contributed by atoms with E-state index in [-0.39, 0.29) is 12.1 Å². The number of fused-ring (bicyclic) bond motifs is 2. The largest absolute Gasteiger partial charge is 0.481 e. The zero-order valence-corrected chi connectivity index (χ0v) is 9.08. The second-order valence-electron chi connectivity index (χ2n) is 4.63. The third-order valence-corrected chi connectivity index (χ3v) is 3.71. The van der Waals surface area contributed by atoms with E-state index in [9.17, 15) is 14.0 Å². The fourth-order valence-corrected chi connectivity index (χ4v) is 2.81. The van der Waals surface area contributed by atoms with Gasteiger partial charge in [-0.05, 0) is 30.5 Å². The molecule has 4 nitrogen and oxygen atoms in total. The molecule has 1 fully saturated rings. The summed E-state index contributed by atoms with van der Waals surface area (Å²) in [4.78, 5) is 22.9. The van der Waals surface area contributed by atoms with Crippen molar-refractivity contribution in [3.05, 3.63) is 29.1 Å². The molecule has 2 N–H and O–H groups in total. The number of rotatable bonds is 1. The van der Waals surface area contributed by atoms with Gasteiger partial charge in [0.1, 0.15) is 5.82 Å². The van der Waals surface area contributed by atoms with Gasteiger partial charge in [0, 0.05) is 0 Å². The molecule has 1 saturated carbocycles. The number of amides is 1. The maximum absolute atomic E-state index is 13.6. The molecule has 0 aromatic heterocycles. The number of aliphatic carboxylic acids is 1. The van der Waals surface area contributed by atoms with E-state index < -0.39 is 29.0 Å². The van der Waals surface area contributed by atoms with Crippen molar-refractivity contribution in [2.45, 2.75) is 18.8 Å². The van der Waals surface area contributed by atoms with Crippen LogP contribution in [0.15, 0.2) is 12.1 Å². The highest BCUT2D eigenvalue weighted by atomic mass is 19.1. The van der Waals surface area contributed by atoms with Crippen molar-refractivity contribution in [2.75, 3.05) is 5.32 Å². The summed E-state index contributed by atoms with van der Waals surface area (Å²) < 4.78 is 13.6. The first kappa shape index (κ1) is 10.3. The molecule has 1 aliphatic carbocycles. The van der Waals surface area contributed by atoms with Crippen molar-refractivity contribution in [3.8, 4) is 0 Å². The lowest BCUT2D eigenvalue weighted by atomic mass is 9.91. The van der Waals surface area contributed by atoms with E-state index in [1.54, 1.807) is 13.0 Å². The molecule has 88 valence electrons. The molecule has 0 radical (unpaired) electrons. The van der Waals surface area contributed by atoms with Gasteiger partial charge in [0.05, 0.1) is 17.0 Å². The van der Waals surface area contributed by atoms with Crippen LogP contribution in [0.1, 0.15) is 17.5 Å². The van der Waals surface area contributed by atoms with Gasteiger partial charge < -0.3 is 10.4 Å². The number of carbonyl (C=O) groups is 2. The van der Waals surface area contributed by atoms with E-state index in [2.05, 4.69) is 5.32 Å². The molecule has 3 rings (SSSR count). The van der Waals surface area contributed by atoms with Crippen LogP contribution in [0.2, 0.25) is 0 Å². The maximum Gasteiger partial charge on any atom is 0.307 e. The summed E-state index contributed by atoms with van der Waals surface area (Å²) in [5, 5.41) is 11.5. The highest BCUT2D eigenvalue weighted by Crippen LogP contribution is 2.61. The number of benzene rings is 1. The number of hydrogen-bond acceptors (Lipinski definition) is 2. The van der Waals surface area contributed by atoms with Crippen molar-refractivity contribution >= 4 is 17.6 Å². The monoisotopic (exact) mass is 235 g/mol. The van der Waals surface area contributed by atoms with Crippen LogP contribution in [0.5, 0.6) is 0 Å². The molecule has 17 heavy (non-hydrogen) atoms. The fourth-order valence-electron chi connectivity index (χ4n) is 2.81. The van der Waals surface area contributed by atoms with Crippen LogP contribution in [0.25, 0.3) is 0 Å². The number of anilines is 1. The summed E-state index contributed by atoms with van der Waals surface area (Å²) in [7, 11) is 0. The van der Waals surface area contributed by atoms with Crippen LogP contribution in [0.4, 0.5) is 10.1 Å². The Labute approximate surface area is 96.4 Å². The van der Waals surface area contributed by atoms with E-state index in [4.69, 9.17) is 5.11 Å². The van der Waals surface area contributed by atoms with Crippen LogP contribution < -0.4 is 5.32 Å². The van der Waals surface area contributed by atoms with Crippen molar-refractivity contribution in [2.24, 2.45) is 5.92 Å². The molecule has 0 saturated heterocycles. The van der Waals surface area contributed by atoms with Crippen LogP contribution in [-0.2, 0) is 15.0 Å². The average molecular weight is 235 g/mol. The lowest BCUT2D eigenvalue weighted by Gasteiger charge is -2.09. The molecule has 2 unspecified atom stereocenters. The first-order valence-corrected chi connectivity index (χ1v) is 5.32. The van der Waals surface area contributed by atoms with E-state index in [1.807, 2.05) is 0 Å². The summed E-state index contributed by atoms with van der Waals surface area (Å²) >= 11 is 0. The fraction of sp³-hybridized carbons (Fsp3) is 0.333. The van der Waals surface area contributed by atoms with Crippen molar-refractivity contribution in [1.29, 1.82) is 0 Å². The van der Waals surface area contributed by atoms with Crippen molar-refractivity contribution in [1.82, 2.24) is 0 Å². The molecule has 1 heterocycles. The lowest BCUT2D eigenvalue weighted by Crippen LogP contribution is -2.24. The molecule has 1 aromatic rings. The van der Waals surface area contributed by atoms with Crippen molar-refractivity contribution in [3.63, 3.8) is 0 Å². The molecule has 0 bridgehead atoms. The minimum Gasteiger partial charge on any atom is -0.481 e. The normalized spacial score (nSPS) is 29.1. The van der Waals surface area contributed by atoms with Gasteiger partial charge in [-0.1, -0.05) is 6.07 Å². The third kappa shape index (κ3) is 1.06. The zero-order valence-electron chi connectivity index (χ0n) is 9.08. The molecule has 2 aliphatic rings. The van der Waals surface area contributed by atoms with Crippen molar-refractivity contribution < 1.29 is 19.1 Å². The Bertz CT molecular complexity index is 569. The summed E-state index contributed by atoms with van der Waals surface area (Å²) in [5.41, 5.74) is 0.394. The Balaban J connectivity index is 2.22. The Morgan fingerprint density at radius 3 is 2.88 bits per heavy atom. The predicted molar refractivity (Wildman–Crippen MR) is 57.2 cm³/mol. The third-order valence-electron chi connectivity index (χ3n) is 3.71. The summed E-state index contributed by atoms with van der Waals surface area (Å²) in [6.45, 7) is 1.76. The minimum absolute atomic E-state index is 0.152. The molecular formula is C12H10FNO3. The summed E-state index contributed by atoms with van der Waals surface area (Å²) in [6, 6.07) is 2.86. The lowest BCUT2D eigenvalue weighted by molar-refractivity contribution is -0.140. The molecule has 1 amide bonds. The predicted octanol–water partition coefficient (Wildman–Crippen LogP) is 1.43. The Kier molecular flexibility index (Phi) is 1.72. The van der Waals surface area contributed by atoms with Crippen LogP contribution in [-0.4, -0.2) is 17.0 Å². The number of carboxylic acid groups (broad SMARTS) is 1. The first-order chi connectivity index (χ1) is 7.98. The SMILES string of the molecule is Cc1ccc(F)c2c1C1(CC1C(=O)O)C(=O)N2. The molecular weight excluding hydrogens is 225 g/mol. The second kappa shape index (κ2) is 2.85. The Morgan fingerprint density at radius 2 is 2.29 bits per heavy atom. The van der Waals surface area contributed by atoms with Gasteiger partial charge in [-0.25, -0.2) is 4.39 Å². The number of halogens is 1. The first-order valence-electron chi connectivity index (χ1n) is 5.32. The quantitative estimate of drug-likeness (QED) is 0.773. The van der Waals surface area contributed by atoms with E-state index in [1.165, 1.54) is 6.07 Å². The minimum atomic E-state index is -1.03.